The molecule has 0 spiro atoms. The molecule has 3 aromatic rings. The van der Waals surface area contributed by atoms with E-state index in [9.17, 15) is 14.0 Å². The van der Waals surface area contributed by atoms with E-state index in [1.54, 1.807) is 29.5 Å². The predicted octanol–water partition coefficient (Wildman–Crippen LogP) is 5.13. The quantitative estimate of drug-likeness (QED) is 0.355. The zero-order chi connectivity index (χ0) is 25.4. The fourth-order valence-electron chi connectivity index (χ4n) is 4.54. The molecule has 0 aliphatic carbocycles. The fraction of sp³-hybridized carbons (Fsp3) is 0.333. The Kier molecular flexibility index (Phi) is 6.68. The molecule has 1 amide bonds. The number of esters is 1. The van der Waals surface area contributed by atoms with E-state index in [0.29, 0.717) is 18.4 Å². The van der Waals surface area contributed by atoms with Gasteiger partial charge in [-0.05, 0) is 74.7 Å². The highest BCUT2D eigenvalue weighted by atomic mass is 32.1. The summed E-state index contributed by atoms with van der Waals surface area (Å²) in [5.74, 6) is -0.505. The first-order valence-corrected chi connectivity index (χ1v) is 12.9. The fourth-order valence-corrected chi connectivity index (χ4v) is 5.84. The summed E-state index contributed by atoms with van der Waals surface area (Å²) in [4.78, 5) is 29.3. The summed E-state index contributed by atoms with van der Waals surface area (Å²) >= 11 is 1.64. The highest BCUT2D eigenvalue weighted by molar-refractivity contribution is 7.16. The van der Waals surface area contributed by atoms with Gasteiger partial charge < -0.3 is 20.1 Å². The van der Waals surface area contributed by atoms with Crippen LogP contribution in [0.3, 0.4) is 0 Å². The molecule has 0 fully saturated rings. The van der Waals surface area contributed by atoms with Gasteiger partial charge in [0.05, 0.1) is 17.7 Å². The Bertz CT molecular complexity index is 1310. The van der Waals surface area contributed by atoms with Crippen molar-refractivity contribution in [2.75, 3.05) is 18.5 Å². The SMILES string of the molecule is CCOc1cc([C@H]2NC(=O)c3c(sc4c3CCN(C(C)C)C4)N2)ccc1OC(=O)c1ccc(F)cc1. The number of carbonyl (C=O) groups excluding carboxylic acids is 2. The van der Waals surface area contributed by atoms with Gasteiger partial charge in [-0.1, -0.05) is 6.07 Å². The molecule has 36 heavy (non-hydrogen) atoms. The molecule has 1 aromatic heterocycles. The zero-order valence-electron chi connectivity index (χ0n) is 20.4. The molecule has 2 N–H and O–H groups in total. The third-order valence-corrected chi connectivity index (χ3v) is 7.63. The third-order valence-electron chi connectivity index (χ3n) is 6.48. The minimum Gasteiger partial charge on any atom is -0.490 e. The minimum absolute atomic E-state index is 0.0889. The summed E-state index contributed by atoms with van der Waals surface area (Å²) in [6.07, 6.45) is 0.411. The lowest BCUT2D eigenvalue weighted by Crippen LogP contribution is -2.39. The molecule has 3 heterocycles. The Hall–Kier alpha value is -3.43. The second-order valence-corrected chi connectivity index (χ2v) is 10.2. The van der Waals surface area contributed by atoms with Gasteiger partial charge in [-0.2, -0.15) is 0 Å². The highest BCUT2D eigenvalue weighted by Crippen LogP contribution is 2.42. The number of hydrogen-bond donors (Lipinski definition) is 2. The number of halogens is 1. The molecule has 0 saturated carbocycles. The smallest absolute Gasteiger partial charge is 0.343 e. The maximum atomic E-state index is 13.2. The van der Waals surface area contributed by atoms with Crippen molar-refractivity contribution in [3.8, 4) is 11.5 Å². The summed E-state index contributed by atoms with van der Waals surface area (Å²) in [7, 11) is 0. The normalized spacial score (nSPS) is 17.1. The van der Waals surface area contributed by atoms with Crippen LogP contribution in [0.4, 0.5) is 9.39 Å². The molecule has 2 aliphatic rings. The number of carbonyl (C=O) groups is 2. The number of nitrogens with one attached hydrogen (secondary N) is 2. The number of hydrogen-bond acceptors (Lipinski definition) is 7. The van der Waals surface area contributed by atoms with Crippen molar-refractivity contribution in [2.45, 2.75) is 45.9 Å². The Balaban J connectivity index is 1.38. The maximum Gasteiger partial charge on any atom is 0.343 e. The van der Waals surface area contributed by atoms with Crippen molar-refractivity contribution < 1.29 is 23.5 Å². The van der Waals surface area contributed by atoms with Gasteiger partial charge in [0, 0.05) is 24.0 Å². The molecule has 7 nitrogen and oxygen atoms in total. The molecular weight excluding hydrogens is 481 g/mol. The number of anilines is 1. The number of fused-ring (bicyclic) bond motifs is 3. The molecule has 0 unspecified atom stereocenters. The minimum atomic E-state index is -0.614. The lowest BCUT2D eigenvalue weighted by Gasteiger charge is -2.31. The average molecular weight is 510 g/mol. The van der Waals surface area contributed by atoms with E-state index in [2.05, 4.69) is 29.4 Å². The average Bonchev–Trinajstić information content (AvgIpc) is 3.23. The van der Waals surface area contributed by atoms with Gasteiger partial charge in [-0.15, -0.1) is 11.3 Å². The molecular formula is C27H28FN3O4S. The second-order valence-electron chi connectivity index (χ2n) is 9.11. The number of amides is 1. The Labute approximate surface area is 213 Å². The van der Waals surface area contributed by atoms with E-state index < -0.39 is 18.0 Å². The van der Waals surface area contributed by atoms with Gasteiger partial charge in [-0.25, -0.2) is 9.18 Å². The third kappa shape index (κ3) is 4.68. The highest BCUT2D eigenvalue weighted by Gasteiger charge is 2.34. The van der Waals surface area contributed by atoms with Crippen molar-refractivity contribution >= 4 is 28.2 Å². The number of ether oxygens (including phenoxy) is 2. The number of rotatable bonds is 6. The van der Waals surface area contributed by atoms with Gasteiger partial charge >= 0.3 is 5.97 Å². The number of thiophene rings is 1. The molecule has 0 bridgehead atoms. The van der Waals surface area contributed by atoms with E-state index in [4.69, 9.17) is 9.47 Å². The van der Waals surface area contributed by atoms with Gasteiger partial charge in [0.25, 0.3) is 5.91 Å². The summed E-state index contributed by atoms with van der Waals surface area (Å²) in [6.45, 7) is 8.38. The van der Waals surface area contributed by atoms with E-state index >= 15 is 0 Å². The first-order valence-electron chi connectivity index (χ1n) is 12.0. The standard InChI is InChI=1S/C27H28FN3O4S/c1-4-34-21-13-17(7-10-20(21)35-27(33)16-5-8-18(28)9-6-16)24-29-25(32)23-19-11-12-31(15(2)3)14-22(19)36-26(23)30-24/h5-10,13,15,24,30H,4,11-12,14H2,1-3H3,(H,29,32)/t24-/m0/s1. The van der Waals surface area contributed by atoms with Crippen molar-refractivity contribution in [1.82, 2.24) is 10.2 Å². The van der Waals surface area contributed by atoms with Crippen molar-refractivity contribution in [1.29, 1.82) is 0 Å². The number of nitrogens with zero attached hydrogens (tertiary/aromatic N) is 1. The van der Waals surface area contributed by atoms with E-state index in [-0.39, 0.29) is 17.2 Å². The van der Waals surface area contributed by atoms with Gasteiger partial charge in [-0.3, -0.25) is 9.69 Å². The van der Waals surface area contributed by atoms with E-state index in [0.717, 1.165) is 41.2 Å². The first kappa shape index (κ1) is 24.3. The van der Waals surface area contributed by atoms with Crippen molar-refractivity contribution in [2.24, 2.45) is 0 Å². The summed E-state index contributed by atoms with van der Waals surface area (Å²) in [6, 6.07) is 10.8. The van der Waals surface area contributed by atoms with E-state index in [1.807, 2.05) is 6.92 Å². The molecule has 2 aliphatic heterocycles. The molecule has 1 atom stereocenters. The molecule has 0 saturated heterocycles. The Morgan fingerprint density at radius 1 is 1.17 bits per heavy atom. The maximum absolute atomic E-state index is 13.2. The zero-order valence-corrected chi connectivity index (χ0v) is 21.2. The topological polar surface area (TPSA) is 79.9 Å². The monoisotopic (exact) mass is 509 g/mol. The number of benzene rings is 2. The molecule has 0 radical (unpaired) electrons. The molecule has 5 rings (SSSR count). The van der Waals surface area contributed by atoms with Crippen LogP contribution < -0.4 is 20.1 Å². The van der Waals surface area contributed by atoms with Gasteiger partial charge in [0.2, 0.25) is 0 Å². The Morgan fingerprint density at radius 2 is 1.94 bits per heavy atom. The summed E-state index contributed by atoms with van der Waals surface area (Å²) < 4.78 is 24.5. The molecule has 9 heteroatoms. The lowest BCUT2D eigenvalue weighted by atomic mass is 9.99. The van der Waals surface area contributed by atoms with Crippen LogP contribution >= 0.6 is 11.3 Å². The van der Waals surface area contributed by atoms with E-state index in [1.165, 1.54) is 29.1 Å². The first-order chi connectivity index (χ1) is 17.3. The van der Waals surface area contributed by atoms with Crippen LogP contribution in [0.25, 0.3) is 0 Å². The van der Waals surface area contributed by atoms with Crippen LogP contribution in [-0.4, -0.2) is 36.0 Å². The summed E-state index contributed by atoms with van der Waals surface area (Å²) in [5.41, 5.74) is 2.90. The van der Waals surface area contributed by atoms with Crippen molar-refractivity contribution in [3.63, 3.8) is 0 Å². The second kappa shape index (κ2) is 9.91. The lowest BCUT2D eigenvalue weighted by molar-refractivity contribution is 0.0728. The Morgan fingerprint density at radius 3 is 2.67 bits per heavy atom. The van der Waals surface area contributed by atoms with Crippen LogP contribution in [0.1, 0.15) is 63.7 Å². The summed E-state index contributed by atoms with van der Waals surface area (Å²) in [5, 5.41) is 7.42. The van der Waals surface area contributed by atoms with Crippen LogP contribution in [0.5, 0.6) is 11.5 Å². The van der Waals surface area contributed by atoms with Gasteiger partial charge in [0.15, 0.2) is 11.5 Å². The molecule has 2 aromatic carbocycles. The van der Waals surface area contributed by atoms with Crippen LogP contribution in [0.15, 0.2) is 42.5 Å². The van der Waals surface area contributed by atoms with Crippen LogP contribution in [0.2, 0.25) is 0 Å². The van der Waals surface area contributed by atoms with Gasteiger partial charge in [0.1, 0.15) is 17.0 Å². The predicted molar refractivity (Wildman–Crippen MR) is 136 cm³/mol. The van der Waals surface area contributed by atoms with Crippen molar-refractivity contribution in [3.05, 3.63) is 75.4 Å². The molecule has 188 valence electrons. The largest absolute Gasteiger partial charge is 0.490 e. The van der Waals surface area contributed by atoms with Crippen LogP contribution in [0, 0.1) is 5.82 Å². The van der Waals surface area contributed by atoms with Crippen LogP contribution in [-0.2, 0) is 13.0 Å².